The normalized spacial score (nSPS) is 12.2. The summed E-state index contributed by atoms with van der Waals surface area (Å²) >= 11 is 0. The molecule has 13 heavy (non-hydrogen) atoms. The lowest BCUT2D eigenvalue weighted by atomic mass is 10.1. The Kier molecular flexibility index (Phi) is 3.50. The van der Waals surface area contributed by atoms with Crippen LogP contribution in [0.25, 0.3) is 0 Å². The van der Waals surface area contributed by atoms with E-state index < -0.39 is 0 Å². The van der Waals surface area contributed by atoms with Crippen molar-refractivity contribution in [3.05, 3.63) is 35.9 Å². The molecule has 0 spiro atoms. The van der Waals surface area contributed by atoms with E-state index in [0.717, 1.165) is 5.56 Å². The molecule has 0 aliphatic rings. The standard InChI is InChI=1S/C9H10N2O2/c12-10-7-6-9(11-13)8-4-2-1-3-5-8/h1-5,7,12-13H,6H2/b10-7-,11-9+. The van der Waals surface area contributed by atoms with Gasteiger partial charge in [-0.2, -0.15) is 0 Å². The molecular weight excluding hydrogens is 168 g/mol. The molecule has 0 unspecified atom stereocenters. The average Bonchev–Trinajstić information content (AvgIpc) is 2.21. The first-order valence-electron chi connectivity index (χ1n) is 3.80. The van der Waals surface area contributed by atoms with Gasteiger partial charge in [-0.25, -0.2) is 0 Å². The van der Waals surface area contributed by atoms with Gasteiger partial charge >= 0.3 is 0 Å². The van der Waals surface area contributed by atoms with Crippen molar-refractivity contribution >= 4 is 11.9 Å². The average molecular weight is 178 g/mol. The Morgan fingerprint density at radius 3 is 2.46 bits per heavy atom. The van der Waals surface area contributed by atoms with E-state index in [1.54, 1.807) is 0 Å². The maximum absolute atomic E-state index is 8.65. The molecule has 1 aromatic rings. The Bertz CT molecular complexity index is 307. The first-order valence-corrected chi connectivity index (χ1v) is 3.80. The zero-order chi connectivity index (χ0) is 9.52. The second-order valence-electron chi connectivity index (χ2n) is 2.41. The van der Waals surface area contributed by atoms with Crippen molar-refractivity contribution < 1.29 is 10.4 Å². The van der Waals surface area contributed by atoms with E-state index in [1.165, 1.54) is 6.21 Å². The molecule has 0 bridgehead atoms. The summed E-state index contributed by atoms with van der Waals surface area (Å²) in [7, 11) is 0. The molecule has 0 heterocycles. The lowest BCUT2D eigenvalue weighted by Crippen LogP contribution is -2.01. The van der Waals surface area contributed by atoms with Crippen LogP contribution in [0.1, 0.15) is 12.0 Å². The molecule has 0 aliphatic heterocycles. The monoisotopic (exact) mass is 178 g/mol. The number of nitrogens with zero attached hydrogens (tertiary/aromatic N) is 2. The topological polar surface area (TPSA) is 65.2 Å². The van der Waals surface area contributed by atoms with Crippen LogP contribution in [-0.4, -0.2) is 22.3 Å². The highest BCUT2D eigenvalue weighted by Crippen LogP contribution is 2.02. The molecule has 68 valence electrons. The Labute approximate surface area is 75.8 Å². The number of hydrogen-bond donors (Lipinski definition) is 2. The van der Waals surface area contributed by atoms with E-state index in [9.17, 15) is 0 Å². The molecule has 0 aliphatic carbocycles. The van der Waals surface area contributed by atoms with Crippen molar-refractivity contribution in [2.45, 2.75) is 6.42 Å². The minimum Gasteiger partial charge on any atom is -0.411 e. The summed E-state index contributed by atoms with van der Waals surface area (Å²) in [6, 6.07) is 9.20. The van der Waals surface area contributed by atoms with Crippen LogP contribution >= 0.6 is 0 Å². The summed E-state index contributed by atoms with van der Waals surface area (Å²) in [4.78, 5) is 0. The van der Waals surface area contributed by atoms with Crippen molar-refractivity contribution in [3.63, 3.8) is 0 Å². The molecule has 1 rings (SSSR count). The van der Waals surface area contributed by atoms with Gasteiger partial charge in [0.15, 0.2) is 0 Å². The van der Waals surface area contributed by atoms with Crippen molar-refractivity contribution in [1.82, 2.24) is 0 Å². The number of benzene rings is 1. The van der Waals surface area contributed by atoms with Gasteiger partial charge in [0.05, 0.1) is 5.71 Å². The molecule has 0 saturated heterocycles. The first kappa shape index (κ1) is 9.25. The Morgan fingerprint density at radius 2 is 1.92 bits per heavy atom. The molecular formula is C9H10N2O2. The smallest absolute Gasteiger partial charge is 0.0922 e. The Morgan fingerprint density at radius 1 is 1.23 bits per heavy atom. The van der Waals surface area contributed by atoms with Crippen molar-refractivity contribution in [2.75, 3.05) is 0 Å². The highest BCUT2D eigenvalue weighted by Gasteiger charge is 2.00. The fourth-order valence-electron chi connectivity index (χ4n) is 0.974. The third-order valence-corrected chi connectivity index (χ3v) is 1.59. The summed E-state index contributed by atoms with van der Waals surface area (Å²) in [5.74, 6) is 0. The van der Waals surface area contributed by atoms with Gasteiger partial charge in [0.1, 0.15) is 0 Å². The molecule has 1 aromatic carbocycles. The van der Waals surface area contributed by atoms with Gasteiger partial charge < -0.3 is 10.4 Å². The molecule has 2 N–H and O–H groups in total. The predicted molar refractivity (Wildman–Crippen MR) is 49.7 cm³/mol. The summed E-state index contributed by atoms with van der Waals surface area (Å²) in [5.41, 5.74) is 1.28. The SMILES string of the molecule is O/N=C\C/C(=N\O)c1ccccc1. The second-order valence-corrected chi connectivity index (χ2v) is 2.41. The van der Waals surface area contributed by atoms with Crippen LogP contribution in [-0.2, 0) is 0 Å². The molecule has 0 atom stereocenters. The largest absolute Gasteiger partial charge is 0.411 e. The maximum Gasteiger partial charge on any atom is 0.0922 e. The third kappa shape index (κ3) is 2.59. The van der Waals surface area contributed by atoms with Crippen molar-refractivity contribution in [2.24, 2.45) is 10.3 Å². The van der Waals surface area contributed by atoms with Crippen LogP contribution < -0.4 is 0 Å². The molecule has 0 fully saturated rings. The fourth-order valence-corrected chi connectivity index (χ4v) is 0.974. The lowest BCUT2D eigenvalue weighted by molar-refractivity contribution is 0.317. The minimum absolute atomic E-state index is 0.303. The molecule has 0 amide bonds. The molecule has 4 nitrogen and oxygen atoms in total. The molecule has 0 saturated carbocycles. The van der Waals surface area contributed by atoms with E-state index in [4.69, 9.17) is 10.4 Å². The van der Waals surface area contributed by atoms with Gasteiger partial charge in [-0.1, -0.05) is 35.5 Å². The highest BCUT2D eigenvalue weighted by molar-refractivity contribution is 6.06. The third-order valence-electron chi connectivity index (χ3n) is 1.59. The van der Waals surface area contributed by atoms with E-state index in [2.05, 4.69) is 10.3 Å². The van der Waals surface area contributed by atoms with Crippen molar-refractivity contribution in [1.29, 1.82) is 0 Å². The summed E-state index contributed by atoms with van der Waals surface area (Å²) in [6.07, 6.45) is 1.57. The predicted octanol–water partition coefficient (Wildman–Crippen LogP) is 1.71. The van der Waals surface area contributed by atoms with E-state index in [-0.39, 0.29) is 0 Å². The molecule has 0 radical (unpaired) electrons. The van der Waals surface area contributed by atoms with E-state index >= 15 is 0 Å². The van der Waals surface area contributed by atoms with Crippen LogP contribution in [0.15, 0.2) is 40.6 Å². The fraction of sp³-hybridized carbons (Fsp3) is 0.111. The van der Waals surface area contributed by atoms with Gasteiger partial charge in [-0.05, 0) is 5.56 Å². The van der Waals surface area contributed by atoms with Gasteiger partial charge in [-0.15, -0.1) is 5.16 Å². The maximum atomic E-state index is 8.65. The van der Waals surface area contributed by atoms with Crippen LogP contribution in [0.4, 0.5) is 0 Å². The van der Waals surface area contributed by atoms with Gasteiger partial charge in [0.25, 0.3) is 0 Å². The second kappa shape index (κ2) is 4.92. The zero-order valence-corrected chi connectivity index (χ0v) is 6.96. The van der Waals surface area contributed by atoms with Crippen LogP contribution in [0, 0.1) is 0 Å². The van der Waals surface area contributed by atoms with Crippen LogP contribution in [0.2, 0.25) is 0 Å². The number of rotatable bonds is 3. The summed E-state index contributed by atoms with van der Waals surface area (Å²) in [5, 5.41) is 22.8. The van der Waals surface area contributed by atoms with Gasteiger partial charge in [-0.3, -0.25) is 0 Å². The summed E-state index contributed by atoms with van der Waals surface area (Å²) in [6.45, 7) is 0. The van der Waals surface area contributed by atoms with Crippen molar-refractivity contribution in [3.8, 4) is 0 Å². The Hall–Kier alpha value is -1.84. The van der Waals surface area contributed by atoms with Crippen LogP contribution in [0.5, 0.6) is 0 Å². The number of oxime groups is 2. The molecule has 4 heteroatoms. The number of hydrogen-bond acceptors (Lipinski definition) is 4. The van der Waals surface area contributed by atoms with E-state index in [1.807, 2.05) is 30.3 Å². The Balaban J connectivity index is 2.80. The van der Waals surface area contributed by atoms with Gasteiger partial charge in [0.2, 0.25) is 0 Å². The zero-order valence-electron chi connectivity index (χ0n) is 6.96. The first-order chi connectivity index (χ1) is 6.38. The highest BCUT2D eigenvalue weighted by atomic mass is 16.4. The van der Waals surface area contributed by atoms with Crippen LogP contribution in [0.3, 0.4) is 0 Å². The molecule has 0 aromatic heterocycles. The minimum atomic E-state index is 0.303. The lowest BCUT2D eigenvalue weighted by Gasteiger charge is -1.99. The van der Waals surface area contributed by atoms with Gasteiger partial charge in [0, 0.05) is 12.6 Å². The summed E-state index contributed by atoms with van der Waals surface area (Å²) < 4.78 is 0. The van der Waals surface area contributed by atoms with E-state index in [0.29, 0.717) is 12.1 Å². The quantitative estimate of drug-likeness (QED) is 0.420.